The lowest BCUT2D eigenvalue weighted by molar-refractivity contribution is 0.101. The van der Waals surface area contributed by atoms with Gasteiger partial charge in [-0.05, 0) is 24.8 Å². The monoisotopic (exact) mass is 382 g/mol. The normalized spacial score (nSPS) is 21.1. The first-order chi connectivity index (χ1) is 10.3. The van der Waals surface area contributed by atoms with E-state index in [4.69, 9.17) is 11.6 Å². The van der Waals surface area contributed by atoms with Gasteiger partial charge in [-0.15, -0.1) is 24.8 Å². The van der Waals surface area contributed by atoms with Crippen molar-refractivity contribution in [1.29, 1.82) is 0 Å². The fourth-order valence-electron chi connectivity index (χ4n) is 3.91. The fourth-order valence-corrected chi connectivity index (χ4v) is 4.09. The number of rotatable bonds is 3. The van der Waals surface area contributed by atoms with Crippen molar-refractivity contribution in [2.24, 2.45) is 5.92 Å². The molecule has 1 aromatic carbocycles. The molecule has 6 heteroatoms. The largest absolute Gasteiger partial charge is 0.314 e. The molecule has 0 radical (unpaired) electrons. The van der Waals surface area contributed by atoms with Gasteiger partial charge in [0.2, 0.25) is 0 Å². The molecule has 1 saturated heterocycles. The molecule has 3 rings (SSSR count). The van der Waals surface area contributed by atoms with Crippen molar-refractivity contribution in [3.05, 3.63) is 34.6 Å². The van der Waals surface area contributed by atoms with Crippen LogP contribution in [0.25, 0.3) is 0 Å². The number of halogens is 4. The molecular weight excluding hydrogens is 358 g/mol. The van der Waals surface area contributed by atoms with Crippen LogP contribution in [0.15, 0.2) is 18.2 Å². The number of hydrogen-bond donors (Lipinski definition) is 1. The molecule has 1 aromatic rings. The summed E-state index contributed by atoms with van der Waals surface area (Å²) in [6, 6.07) is 5.66. The van der Waals surface area contributed by atoms with Gasteiger partial charge in [0.1, 0.15) is 5.82 Å². The SMILES string of the molecule is Cl.Cl.Fc1c(Cl)cccc1[C@H](C1CCCCC1)N1CCNCC1. The summed E-state index contributed by atoms with van der Waals surface area (Å²) in [6.45, 7) is 3.97. The molecule has 1 aliphatic heterocycles. The van der Waals surface area contributed by atoms with Crippen molar-refractivity contribution in [3.8, 4) is 0 Å². The summed E-state index contributed by atoms with van der Waals surface area (Å²) < 4.78 is 14.6. The second-order valence-electron chi connectivity index (χ2n) is 6.27. The Morgan fingerprint density at radius 1 is 1.09 bits per heavy atom. The van der Waals surface area contributed by atoms with Gasteiger partial charge in [0.15, 0.2) is 0 Å². The highest BCUT2D eigenvalue weighted by Gasteiger charge is 2.32. The second kappa shape index (κ2) is 10.0. The molecular formula is C17H26Cl3FN2. The van der Waals surface area contributed by atoms with Gasteiger partial charge in [-0.25, -0.2) is 4.39 Å². The number of nitrogens with one attached hydrogen (secondary N) is 1. The van der Waals surface area contributed by atoms with E-state index in [0.717, 1.165) is 31.7 Å². The Balaban J connectivity index is 0.00000132. The van der Waals surface area contributed by atoms with Crippen molar-refractivity contribution in [1.82, 2.24) is 10.2 Å². The molecule has 1 saturated carbocycles. The van der Waals surface area contributed by atoms with Crippen LogP contribution in [0.2, 0.25) is 5.02 Å². The Morgan fingerprint density at radius 2 is 1.74 bits per heavy atom. The summed E-state index contributed by atoms with van der Waals surface area (Å²) in [5, 5.41) is 3.64. The molecule has 1 N–H and O–H groups in total. The maximum atomic E-state index is 14.6. The number of hydrogen-bond acceptors (Lipinski definition) is 2. The third-order valence-electron chi connectivity index (χ3n) is 4.94. The van der Waals surface area contributed by atoms with Gasteiger partial charge in [0, 0.05) is 37.8 Å². The van der Waals surface area contributed by atoms with Crippen molar-refractivity contribution >= 4 is 36.4 Å². The zero-order chi connectivity index (χ0) is 14.7. The lowest BCUT2D eigenvalue weighted by Crippen LogP contribution is -2.47. The summed E-state index contributed by atoms with van der Waals surface area (Å²) in [5.41, 5.74) is 0.802. The summed E-state index contributed by atoms with van der Waals surface area (Å²) in [7, 11) is 0. The zero-order valence-electron chi connectivity index (χ0n) is 13.3. The standard InChI is InChI=1S/C17H24ClFN2.2ClH/c18-15-8-4-7-14(16(15)19)17(13-5-2-1-3-6-13)21-11-9-20-10-12-21;;/h4,7-8,13,17,20H,1-3,5-6,9-12H2;2*1H/t17-;;/m0../s1. The van der Waals surface area contributed by atoms with E-state index >= 15 is 0 Å². The molecule has 0 aromatic heterocycles. The van der Waals surface area contributed by atoms with E-state index in [2.05, 4.69) is 10.2 Å². The quantitative estimate of drug-likeness (QED) is 0.802. The minimum absolute atomic E-state index is 0. The first kappa shape index (κ1) is 21.0. The van der Waals surface area contributed by atoms with Crippen LogP contribution in [-0.4, -0.2) is 31.1 Å². The van der Waals surface area contributed by atoms with Crippen LogP contribution in [0.5, 0.6) is 0 Å². The Hall–Kier alpha value is -0.0600. The predicted octanol–water partition coefficient (Wildman–Crippen LogP) is 4.85. The third-order valence-corrected chi connectivity index (χ3v) is 5.23. The average Bonchev–Trinajstić information content (AvgIpc) is 2.54. The number of benzene rings is 1. The first-order valence-electron chi connectivity index (χ1n) is 8.16. The molecule has 0 bridgehead atoms. The number of piperazine rings is 1. The highest BCUT2D eigenvalue weighted by molar-refractivity contribution is 6.30. The Labute approximate surface area is 156 Å². The lowest BCUT2D eigenvalue weighted by atomic mass is 9.80. The molecule has 2 nitrogen and oxygen atoms in total. The van der Waals surface area contributed by atoms with E-state index in [-0.39, 0.29) is 41.7 Å². The zero-order valence-corrected chi connectivity index (χ0v) is 15.7. The molecule has 1 atom stereocenters. The number of nitrogens with zero attached hydrogens (tertiary/aromatic N) is 1. The van der Waals surface area contributed by atoms with E-state index in [9.17, 15) is 4.39 Å². The maximum absolute atomic E-state index is 14.6. The van der Waals surface area contributed by atoms with Crippen LogP contribution in [0.3, 0.4) is 0 Å². The van der Waals surface area contributed by atoms with Crippen LogP contribution in [0.4, 0.5) is 4.39 Å². The Kier molecular flexibility index (Phi) is 9.17. The van der Waals surface area contributed by atoms with Crippen molar-refractivity contribution < 1.29 is 4.39 Å². The van der Waals surface area contributed by atoms with Gasteiger partial charge in [-0.1, -0.05) is 43.0 Å². The molecule has 1 aliphatic carbocycles. The summed E-state index contributed by atoms with van der Waals surface area (Å²) in [6.07, 6.45) is 6.29. The van der Waals surface area contributed by atoms with Crippen molar-refractivity contribution in [2.45, 2.75) is 38.1 Å². The Bertz CT molecular complexity index is 457. The van der Waals surface area contributed by atoms with Crippen LogP contribution < -0.4 is 5.32 Å². The summed E-state index contributed by atoms with van der Waals surface area (Å²) >= 11 is 6.03. The van der Waals surface area contributed by atoms with E-state index in [1.807, 2.05) is 12.1 Å². The molecule has 2 aliphatic rings. The molecule has 23 heavy (non-hydrogen) atoms. The average molecular weight is 384 g/mol. The smallest absolute Gasteiger partial charge is 0.146 e. The fraction of sp³-hybridized carbons (Fsp3) is 0.647. The van der Waals surface area contributed by atoms with Gasteiger partial charge in [-0.2, -0.15) is 0 Å². The minimum atomic E-state index is -0.215. The third kappa shape index (κ3) is 4.96. The van der Waals surface area contributed by atoms with Crippen molar-refractivity contribution in [2.75, 3.05) is 26.2 Å². The molecule has 1 heterocycles. The van der Waals surface area contributed by atoms with E-state index in [1.165, 1.54) is 32.1 Å². The van der Waals surface area contributed by atoms with Crippen molar-refractivity contribution in [3.63, 3.8) is 0 Å². The van der Waals surface area contributed by atoms with Crippen LogP contribution in [0, 0.1) is 11.7 Å². The molecule has 2 fully saturated rings. The molecule has 0 spiro atoms. The van der Waals surface area contributed by atoms with Crippen LogP contribution in [0.1, 0.15) is 43.7 Å². The van der Waals surface area contributed by atoms with Crippen LogP contribution in [-0.2, 0) is 0 Å². The van der Waals surface area contributed by atoms with Gasteiger partial charge in [-0.3, -0.25) is 4.90 Å². The summed E-state index contributed by atoms with van der Waals surface area (Å²) in [4.78, 5) is 2.46. The highest BCUT2D eigenvalue weighted by atomic mass is 35.5. The van der Waals surface area contributed by atoms with Gasteiger partial charge in [0.25, 0.3) is 0 Å². The highest BCUT2D eigenvalue weighted by Crippen LogP contribution is 2.40. The second-order valence-corrected chi connectivity index (χ2v) is 6.68. The van der Waals surface area contributed by atoms with E-state index < -0.39 is 0 Å². The maximum Gasteiger partial charge on any atom is 0.146 e. The van der Waals surface area contributed by atoms with Gasteiger partial charge < -0.3 is 5.32 Å². The molecule has 0 unspecified atom stereocenters. The van der Waals surface area contributed by atoms with E-state index in [0.29, 0.717) is 5.92 Å². The first-order valence-corrected chi connectivity index (χ1v) is 8.54. The van der Waals surface area contributed by atoms with Gasteiger partial charge >= 0.3 is 0 Å². The minimum Gasteiger partial charge on any atom is -0.314 e. The molecule has 132 valence electrons. The lowest BCUT2D eigenvalue weighted by Gasteiger charge is -2.41. The van der Waals surface area contributed by atoms with E-state index in [1.54, 1.807) is 6.07 Å². The van der Waals surface area contributed by atoms with Gasteiger partial charge in [0.05, 0.1) is 5.02 Å². The molecule has 0 amide bonds. The Morgan fingerprint density at radius 3 is 2.39 bits per heavy atom. The predicted molar refractivity (Wildman–Crippen MR) is 99.7 cm³/mol. The van der Waals surface area contributed by atoms with Crippen LogP contribution >= 0.6 is 36.4 Å². The summed E-state index contributed by atoms with van der Waals surface area (Å²) in [5.74, 6) is 0.345. The topological polar surface area (TPSA) is 15.3 Å².